The molecule has 2 unspecified atom stereocenters. The third-order valence-corrected chi connectivity index (χ3v) is 20.2. The molecule has 98 heavy (non-hydrogen) atoms. The third-order valence-electron chi connectivity index (χ3n) is 15.9. The summed E-state index contributed by atoms with van der Waals surface area (Å²) < 4.78 is 82.3. The van der Waals surface area contributed by atoms with Crippen LogP contribution in [0.3, 0.4) is 0 Å². The van der Waals surface area contributed by atoms with Crippen LogP contribution in [0, 0.1) is 0 Å². The number of hydrogen-bond acceptors (Lipinski definition) is 20. The Bertz CT molecular complexity index is 4780. The van der Waals surface area contributed by atoms with Gasteiger partial charge in [-0.1, -0.05) is 48.7 Å². The molecule has 30 nitrogen and oxygen atoms in total. The fourth-order valence-corrected chi connectivity index (χ4v) is 13.3. The lowest BCUT2D eigenvalue weighted by Crippen LogP contribution is -2.51. The molecule has 524 valence electrons. The second-order valence-corrected chi connectivity index (χ2v) is 30.0. The van der Waals surface area contributed by atoms with Gasteiger partial charge >= 0.3 is 11.7 Å². The topological polar surface area (TPSA) is 429 Å². The molecule has 6 aromatic heterocycles. The van der Waals surface area contributed by atoms with Crippen molar-refractivity contribution in [3.8, 4) is 0 Å². The molecule has 13 N–H and O–H groups in total. The number of sulfonamides is 3. The molecule has 13 rings (SSSR count). The molecule has 2 atom stereocenters. The number of carbonyl (C=O) groups is 1. The Morgan fingerprint density at radius 2 is 1.33 bits per heavy atom. The molecule has 3 aliphatic rings. The highest BCUT2D eigenvalue weighted by atomic mass is 35.5. The van der Waals surface area contributed by atoms with E-state index in [0.29, 0.717) is 76.6 Å². The molecule has 3 aliphatic heterocycles. The van der Waals surface area contributed by atoms with E-state index in [1.165, 1.54) is 85.8 Å². The summed E-state index contributed by atoms with van der Waals surface area (Å²) in [6.45, 7) is 15.0. The summed E-state index contributed by atoms with van der Waals surface area (Å²) in [5.74, 6) is 1.54. The van der Waals surface area contributed by atoms with Crippen LogP contribution >= 0.6 is 11.6 Å². The van der Waals surface area contributed by atoms with Crippen molar-refractivity contribution in [3.05, 3.63) is 176 Å². The lowest BCUT2D eigenvalue weighted by Gasteiger charge is -2.34. The Hall–Kier alpha value is -8.74. The first-order valence-electron chi connectivity index (χ1n) is 31.6. The Morgan fingerprint density at radius 3 is 1.92 bits per heavy atom. The van der Waals surface area contributed by atoms with Gasteiger partial charge in [0.25, 0.3) is 5.56 Å². The van der Waals surface area contributed by atoms with E-state index in [-0.39, 0.29) is 40.8 Å². The average Bonchev–Trinajstić information content (AvgIpc) is 1.63. The number of para-hydroxylation sites is 4. The number of carboxylic acid groups (broad SMARTS) is 1. The van der Waals surface area contributed by atoms with Gasteiger partial charge in [0.05, 0.1) is 82.3 Å². The number of halogens is 1. The summed E-state index contributed by atoms with van der Waals surface area (Å²) in [6, 6.07) is 29.8. The van der Waals surface area contributed by atoms with Crippen molar-refractivity contribution in [2.45, 2.75) is 113 Å². The highest BCUT2D eigenvalue weighted by molar-refractivity contribution is 7.90. The van der Waals surface area contributed by atoms with Gasteiger partial charge < -0.3 is 40.8 Å². The van der Waals surface area contributed by atoms with Crippen molar-refractivity contribution >= 4 is 97.7 Å². The van der Waals surface area contributed by atoms with Crippen molar-refractivity contribution in [2.75, 3.05) is 46.1 Å². The number of hydrogen-bond donors (Lipinski definition) is 11. The van der Waals surface area contributed by atoms with E-state index in [2.05, 4.69) is 97.5 Å². The molecular weight excluding hydrogens is 1340 g/mol. The molecular formula is C64H82ClN19O11S3. The minimum atomic E-state index is -3.83. The van der Waals surface area contributed by atoms with E-state index in [1.807, 2.05) is 56.3 Å². The first-order valence-corrected chi connectivity index (χ1v) is 36.6. The van der Waals surface area contributed by atoms with Gasteiger partial charge in [0, 0.05) is 55.0 Å². The number of H-pyrrole nitrogens is 5. The van der Waals surface area contributed by atoms with Gasteiger partial charge in [-0.15, -0.1) is 0 Å². The molecule has 0 aliphatic carbocycles. The molecule has 0 spiro atoms. The zero-order valence-corrected chi connectivity index (χ0v) is 58.0. The number of likely N-dealkylation sites (tertiary alicyclic amines) is 1. The number of aryl methyl sites for hydroxylation is 1. The van der Waals surface area contributed by atoms with Crippen LogP contribution < -0.4 is 36.9 Å². The Morgan fingerprint density at radius 1 is 0.724 bits per heavy atom. The molecule has 10 aromatic rings. The zero-order valence-electron chi connectivity index (χ0n) is 54.8. The number of rotatable bonds is 16. The van der Waals surface area contributed by atoms with Crippen molar-refractivity contribution in [1.29, 1.82) is 0 Å². The van der Waals surface area contributed by atoms with Crippen LogP contribution in [0.1, 0.15) is 92.5 Å². The van der Waals surface area contributed by atoms with Gasteiger partial charge in [-0.25, -0.2) is 64.6 Å². The molecule has 2 saturated heterocycles. The summed E-state index contributed by atoms with van der Waals surface area (Å²) in [5.41, 5.74) is 11.4. The fourth-order valence-electron chi connectivity index (χ4n) is 11.0. The van der Waals surface area contributed by atoms with Crippen LogP contribution in [0.5, 0.6) is 0 Å². The van der Waals surface area contributed by atoms with Crippen LogP contribution in [0.4, 0.5) is 0 Å². The van der Waals surface area contributed by atoms with Gasteiger partial charge in [0.1, 0.15) is 28.7 Å². The third kappa shape index (κ3) is 20.2. The summed E-state index contributed by atoms with van der Waals surface area (Å²) in [6.07, 6.45) is 9.61. The van der Waals surface area contributed by atoms with Crippen LogP contribution in [0.25, 0.3) is 44.1 Å². The highest BCUT2D eigenvalue weighted by Crippen LogP contribution is 2.26. The minimum absolute atomic E-state index is 0.0204. The monoisotopic (exact) mass is 1420 g/mol. The second-order valence-electron chi connectivity index (χ2n) is 24.0. The Balaban J connectivity index is 0.000000144. The highest BCUT2D eigenvalue weighted by Gasteiger charge is 2.25. The number of nitrogens with two attached hydrogens (primary N) is 2. The standard InChI is InChI=1S/C14H12ClN3O2S.C14H19N3.C13H19N5O3.C12H19N5O2S.C11H13N3O4S/c15-10-5-7-11(8-6-10)21(19,20)16-9-14-17-12-3-1-2-4-13(12)18-14;1-2-6-10-17(9-5-1)11-14-15-12-7-3-4-8-13(12)16-14;1-7-4-18(5-8(2)21-7)6-9-14-10-11(15-9)17(3)13(20)16-12(10)19;1-10(2)20(18,19)16-12-14-8-17(9-15-12)7-11-3-5-13-6-4-11;12-4-3-7-8-5-6(19(13,17)18)1-2-9(8)14-10(7)11(15)16/h1-8,16H,9H2,(H,17,18);3-4,7-8H,1-2,5-6,9-11H2,(H,15,16);7-8H,4-6H2,1-3H3,(H,14,15)(H,16,19,20);3-6,10H,7-9H2,1-2H3,(H2,14,15,16);1-2,5,14H,3-4,12H2,(H,15,16)(H2,13,17,18). The van der Waals surface area contributed by atoms with E-state index in [0.717, 1.165) is 59.6 Å². The van der Waals surface area contributed by atoms with Crippen LogP contribution in [-0.2, 0) is 74.5 Å². The van der Waals surface area contributed by atoms with Crippen molar-refractivity contribution < 1.29 is 39.9 Å². The van der Waals surface area contributed by atoms with Crippen LogP contribution in [0.15, 0.2) is 140 Å². The van der Waals surface area contributed by atoms with Gasteiger partial charge in [0.2, 0.25) is 36.0 Å². The zero-order chi connectivity index (χ0) is 70.3. The number of aromatic amines is 5. The number of nitrogens with one attached hydrogen (secondary N) is 8. The number of aromatic nitrogens is 10. The second kappa shape index (κ2) is 33.2. The molecule has 9 heterocycles. The van der Waals surface area contributed by atoms with E-state index < -0.39 is 52.5 Å². The molecule has 0 amide bonds. The lowest BCUT2D eigenvalue weighted by molar-refractivity contribution is -0.0710. The maximum Gasteiger partial charge on any atom is 0.352 e. The normalized spacial score (nSPS) is 16.5. The first kappa shape index (κ1) is 73.5. The van der Waals surface area contributed by atoms with E-state index in [4.69, 9.17) is 32.3 Å². The summed E-state index contributed by atoms with van der Waals surface area (Å²) in [7, 11) is -9.17. The predicted octanol–water partition coefficient (Wildman–Crippen LogP) is 5.29. The molecule has 34 heteroatoms. The fraction of sp³-hybridized carbons (Fsp3) is 0.375. The first-order chi connectivity index (χ1) is 46.7. The van der Waals surface area contributed by atoms with Gasteiger partial charge in [-0.3, -0.25) is 38.8 Å². The predicted molar refractivity (Wildman–Crippen MR) is 375 cm³/mol. The number of guanidine groups is 1. The average molecular weight is 1430 g/mol. The van der Waals surface area contributed by atoms with Gasteiger partial charge in [-0.05, 0) is 157 Å². The number of ether oxygens (including phenoxy) is 1. The van der Waals surface area contributed by atoms with Crippen LogP contribution in [-0.4, -0.2) is 170 Å². The maximum atomic E-state index is 12.1. The maximum absolute atomic E-state index is 12.1. The van der Waals surface area contributed by atoms with Gasteiger partial charge in [0.15, 0.2) is 5.65 Å². The summed E-state index contributed by atoms with van der Waals surface area (Å²) in [5, 5.41) is 17.7. The number of carboxylic acids is 1. The SMILES string of the molecule is CC(C)S(=O)(=O)NC1=NCN(Cc2ccncc2)CN1.CC1CN(Cc2nc3c([nH]2)c(=O)[nH]c(=O)n3C)CC(C)O1.NCCc1c(C(=O)O)[nH]c2ccc(S(N)(=O)=O)cc12.O=S(=O)(NCc1nc2ccccc2[nH]1)c1ccc(Cl)cc1.c1ccc2[nH]c(CN3CCCCCC3)nc2c1. The number of primary sulfonamides is 1. The number of imidazole rings is 3. The number of benzene rings is 4. The molecule has 0 bridgehead atoms. The number of aliphatic imine (C=N–C) groups is 1. The number of nitrogens with zero attached hydrogens (tertiary/aromatic N) is 9. The van der Waals surface area contributed by atoms with E-state index >= 15 is 0 Å². The lowest BCUT2D eigenvalue weighted by atomic mass is 10.1. The molecule has 4 aromatic carbocycles. The van der Waals surface area contributed by atoms with E-state index in [1.54, 1.807) is 33.3 Å². The minimum Gasteiger partial charge on any atom is -0.477 e. The summed E-state index contributed by atoms with van der Waals surface area (Å²) in [4.78, 5) is 77.4. The smallest absolute Gasteiger partial charge is 0.352 e. The van der Waals surface area contributed by atoms with Gasteiger partial charge in [-0.2, -0.15) is 0 Å². The molecule has 0 radical (unpaired) electrons. The molecule has 2 fully saturated rings. The van der Waals surface area contributed by atoms with Crippen molar-refractivity contribution in [1.82, 2.24) is 78.9 Å². The number of pyridine rings is 1. The summed E-state index contributed by atoms with van der Waals surface area (Å²) >= 11 is 5.75. The van der Waals surface area contributed by atoms with Crippen LogP contribution in [0.2, 0.25) is 5.02 Å². The Kier molecular flexibility index (Phi) is 24.9. The molecule has 0 saturated carbocycles. The Labute approximate surface area is 571 Å². The van der Waals surface area contributed by atoms with E-state index in [9.17, 15) is 39.6 Å². The number of aromatic carboxylic acids is 1. The largest absolute Gasteiger partial charge is 0.477 e. The number of fused-ring (bicyclic) bond motifs is 4. The van der Waals surface area contributed by atoms with Crippen molar-refractivity contribution in [3.63, 3.8) is 0 Å². The van der Waals surface area contributed by atoms with Crippen molar-refractivity contribution in [2.24, 2.45) is 22.9 Å². The number of morpholine rings is 1. The quantitative estimate of drug-likeness (QED) is 0.0585.